The minimum Gasteiger partial charge on any atom is -0.507 e. The van der Waals surface area contributed by atoms with Gasteiger partial charge in [-0.1, -0.05) is 0 Å². The first-order chi connectivity index (χ1) is 10.1. The molecule has 0 saturated heterocycles. The Morgan fingerprint density at radius 2 is 1.64 bits per heavy atom. The molecular weight excluding hydrogens is 288 g/mol. The van der Waals surface area contributed by atoms with E-state index in [1.165, 1.54) is 0 Å². The van der Waals surface area contributed by atoms with Crippen molar-refractivity contribution < 1.29 is 30.0 Å². The first-order valence-electron chi connectivity index (χ1n) is 6.88. The van der Waals surface area contributed by atoms with Gasteiger partial charge in [-0.3, -0.25) is 9.59 Å². The Morgan fingerprint density at radius 3 is 2.18 bits per heavy atom. The molecule has 6 nitrogen and oxygen atoms in total. The Kier molecular flexibility index (Phi) is 4.08. The van der Waals surface area contributed by atoms with E-state index in [9.17, 15) is 30.0 Å². The lowest BCUT2D eigenvalue weighted by Gasteiger charge is -2.22. The molecule has 1 aliphatic rings. The lowest BCUT2D eigenvalue weighted by molar-refractivity contribution is 0.0479. The summed E-state index contributed by atoms with van der Waals surface area (Å²) >= 11 is 0. The molecule has 0 aromatic heterocycles. The quantitative estimate of drug-likeness (QED) is 0.628. The summed E-state index contributed by atoms with van der Waals surface area (Å²) in [4.78, 5) is 23.6. The monoisotopic (exact) mass is 306 g/mol. The van der Waals surface area contributed by atoms with Crippen LogP contribution in [0, 0.1) is 0 Å². The number of carbonyl (C=O) groups excluding carboxylic acids is 2. The van der Waals surface area contributed by atoms with Gasteiger partial charge in [0.2, 0.25) is 0 Å². The van der Waals surface area contributed by atoms with Gasteiger partial charge < -0.3 is 20.4 Å². The van der Waals surface area contributed by atoms with Crippen molar-refractivity contribution in [2.75, 3.05) is 0 Å². The van der Waals surface area contributed by atoms with Crippen LogP contribution in [0.25, 0.3) is 0 Å². The molecule has 1 aliphatic carbocycles. The predicted molar refractivity (Wildman–Crippen MR) is 78.1 cm³/mol. The van der Waals surface area contributed by atoms with Crippen molar-refractivity contribution in [3.05, 3.63) is 34.9 Å². The molecule has 0 amide bonds. The van der Waals surface area contributed by atoms with Crippen LogP contribution in [0.2, 0.25) is 0 Å². The number of aliphatic hydroxyl groups is 2. The standard InChI is InChI=1S/C16H18O6/c1-16(2,22)6-5-9(17)8-7-12(20)13-10(18)3-4-11(19)14(13)15(8)21/h3-4,7,9,17,20-22H,5-6H2,1-2H3. The SMILES string of the molecule is CC(C)(O)CCC(O)c1cc(O)c2c(c1O)C(=O)C=CC2=O. The first-order valence-corrected chi connectivity index (χ1v) is 6.88. The molecule has 1 atom stereocenters. The number of aromatic hydroxyl groups is 2. The van der Waals surface area contributed by atoms with Gasteiger partial charge in [-0.25, -0.2) is 0 Å². The minimum atomic E-state index is -1.18. The lowest BCUT2D eigenvalue weighted by atomic mass is 9.88. The highest BCUT2D eigenvalue weighted by Gasteiger charge is 2.30. The van der Waals surface area contributed by atoms with E-state index in [4.69, 9.17) is 0 Å². The van der Waals surface area contributed by atoms with E-state index >= 15 is 0 Å². The number of phenols is 2. The molecule has 0 fully saturated rings. The van der Waals surface area contributed by atoms with Gasteiger partial charge in [0.15, 0.2) is 11.6 Å². The summed E-state index contributed by atoms with van der Waals surface area (Å²) in [5.74, 6) is -2.18. The number of fused-ring (bicyclic) bond motifs is 1. The largest absolute Gasteiger partial charge is 0.507 e. The molecule has 2 rings (SSSR count). The van der Waals surface area contributed by atoms with Gasteiger partial charge in [0.25, 0.3) is 0 Å². The summed E-state index contributed by atoms with van der Waals surface area (Å²) in [6.07, 6.45) is 1.22. The molecule has 6 heteroatoms. The minimum absolute atomic E-state index is 0.0445. The van der Waals surface area contributed by atoms with Gasteiger partial charge in [-0.15, -0.1) is 0 Å². The van der Waals surface area contributed by atoms with Crippen LogP contribution in [0.1, 0.15) is 59.1 Å². The number of rotatable bonds is 4. The third-order valence-corrected chi connectivity index (χ3v) is 3.58. The zero-order valence-corrected chi connectivity index (χ0v) is 12.3. The van der Waals surface area contributed by atoms with Gasteiger partial charge in [-0.2, -0.15) is 0 Å². The molecule has 0 saturated carbocycles. The van der Waals surface area contributed by atoms with Gasteiger partial charge in [0, 0.05) is 5.56 Å². The van der Waals surface area contributed by atoms with E-state index in [-0.39, 0.29) is 29.5 Å². The molecule has 0 spiro atoms. The molecule has 0 radical (unpaired) electrons. The topological polar surface area (TPSA) is 115 Å². The summed E-state index contributed by atoms with van der Waals surface area (Å²) < 4.78 is 0. The van der Waals surface area contributed by atoms with Crippen LogP contribution >= 0.6 is 0 Å². The fourth-order valence-corrected chi connectivity index (χ4v) is 2.39. The Bertz CT molecular complexity index is 666. The average Bonchev–Trinajstić information content (AvgIpc) is 2.41. The first kappa shape index (κ1) is 16.2. The van der Waals surface area contributed by atoms with Crippen molar-refractivity contribution in [3.63, 3.8) is 0 Å². The van der Waals surface area contributed by atoms with Crippen molar-refractivity contribution >= 4 is 11.6 Å². The van der Waals surface area contributed by atoms with Crippen molar-refractivity contribution in [1.82, 2.24) is 0 Å². The zero-order chi connectivity index (χ0) is 16.7. The fraction of sp³-hybridized carbons (Fsp3) is 0.375. The molecule has 4 N–H and O–H groups in total. The summed E-state index contributed by atoms with van der Waals surface area (Å²) in [5.41, 5.74) is -1.60. The number of phenolic OH excluding ortho intramolecular Hbond substituents is 2. The highest BCUT2D eigenvalue weighted by molar-refractivity contribution is 6.24. The van der Waals surface area contributed by atoms with Crippen LogP contribution in [0.4, 0.5) is 0 Å². The number of ketones is 2. The van der Waals surface area contributed by atoms with Crippen LogP contribution < -0.4 is 0 Å². The van der Waals surface area contributed by atoms with Gasteiger partial charge >= 0.3 is 0 Å². The molecule has 118 valence electrons. The molecule has 22 heavy (non-hydrogen) atoms. The summed E-state index contributed by atoms with van der Waals surface area (Å²) in [6.45, 7) is 3.16. The molecule has 1 aromatic carbocycles. The van der Waals surface area contributed by atoms with Crippen molar-refractivity contribution in [3.8, 4) is 11.5 Å². The Balaban J connectivity index is 2.44. The van der Waals surface area contributed by atoms with Gasteiger partial charge in [0.1, 0.15) is 11.5 Å². The summed E-state index contributed by atoms with van der Waals surface area (Å²) in [5, 5.41) is 40.0. The van der Waals surface area contributed by atoms with Crippen LogP contribution in [0.3, 0.4) is 0 Å². The van der Waals surface area contributed by atoms with E-state index in [1.54, 1.807) is 13.8 Å². The normalized spacial score (nSPS) is 15.8. The zero-order valence-electron chi connectivity index (χ0n) is 12.3. The van der Waals surface area contributed by atoms with E-state index < -0.39 is 34.8 Å². The third-order valence-electron chi connectivity index (χ3n) is 3.58. The predicted octanol–water partition coefficient (Wildman–Crippen LogP) is 1.62. The maximum atomic E-state index is 11.9. The Hall–Kier alpha value is -2.18. The maximum absolute atomic E-state index is 11.9. The fourth-order valence-electron chi connectivity index (χ4n) is 2.39. The molecule has 1 unspecified atom stereocenters. The average molecular weight is 306 g/mol. The number of allylic oxidation sites excluding steroid dienone is 2. The number of carbonyl (C=O) groups is 2. The van der Waals surface area contributed by atoms with Crippen molar-refractivity contribution in [1.29, 1.82) is 0 Å². The van der Waals surface area contributed by atoms with Crippen LogP contribution in [-0.2, 0) is 0 Å². The molecule has 0 aliphatic heterocycles. The number of aliphatic hydroxyl groups excluding tert-OH is 1. The van der Waals surface area contributed by atoms with Crippen LogP contribution in [0.5, 0.6) is 11.5 Å². The molecule has 1 aromatic rings. The molecular formula is C16H18O6. The summed E-state index contributed by atoms with van der Waals surface area (Å²) in [6, 6.07) is 1.08. The highest BCUT2D eigenvalue weighted by atomic mass is 16.3. The third kappa shape index (κ3) is 3.03. The maximum Gasteiger partial charge on any atom is 0.190 e. The smallest absolute Gasteiger partial charge is 0.190 e. The number of benzene rings is 1. The highest BCUT2D eigenvalue weighted by Crippen LogP contribution is 2.40. The van der Waals surface area contributed by atoms with Crippen molar-refractivity contribution in [2.45, 2.75) is 38.4 Å². The molecule has 0 heterocycles. The van der Waals surface area contributed by atoms with E-state index in [0.29, 0.717) is 0 Å². The Morgan fingerprint density at radius 1 is 1.09 bits per heavy atom. The van der Waals surface area contributed by atoms with Gasteiger partial charge in [-0.05, 0) is 44.9 Å². The summed E-state index contributed by atoms with van der Waals surface area (Å²) in [7, 11) is 0. The van der Waals surface area contributed by atoms with E-state index in [2.05, 4.69) is 0 Å². The van der Waals surface area contributed by atoms with Crippen molar-refractivity contribution in [2.24, 2.45) is 0 Å². The molecule has 0 bridgehead atoms. The Labute approximate surface area is 127 Å². The van der Waals surface area contributed by atoms with E-state index in [1.807, 2.05) is 0 Å². The second-order valence-corrected chi connectivity index (χ2v) is 6.01. The van der Waals surface area contributed by atoms with Crippen LogP contribution in [0.15, 0.2) is 18.2 Å². The van der Waals surface area contributed by atoms with Crippen LogP contribution in [-0.4, -0.2) is 37.6 Å². The van der Waals surface area contributed by atoms with E-state index in [0.717, 1.165) is 18.2 Å². The second kappa shape index (κ2) is 5.55. The number of hydrogen-bond acceptors (Lipinski definition) is 6. The number of hydrogen-bond donors (Lipinski definition) is 4. The van der Waals surface area contributed by atoms with Gasteiger partial charge in [0.05, 0.1) is 22.8 Å². The second-order valence-electron chi connectivity index (χ2n) is 6.01. The lowest BCUT2D eigenvalue weighted by Crippen LogP contribution is -2.20.